The molecule has 0 radical (unpaired) electrons. The highest BCUT2D eigenvalue weighted by Gasteiger charge is 2.32. The summed E-state index contributed by atoms with van der Waals surface area (Å²) in [5.74, 6) is 2.58. The lowest BCUT2D eigenvalue weighted by Gasteiger charge is -2.14. The van der Waals surface area contributed by atoms with Crippen LogP contribution in [0.25, 0.3) is 0 Å². The normalized spacial score (nSPS) is 16.1. The van der Waals surface area contributed by atoms with E-state index in [1.165, 1.54) is 11.8 Å². The van der Waals surface area contributed by atoms with Crippen LogP contribution in [0.15, 0.2) is 77.8 Å². The van der Waals surface area contributed by atoms with Crippen LogP contribution in [0, 0.1) is 0 Å². The molecule has 2 aliphatic rings. The van der Waals surface area contributed by atoms with Gasteiger partial charge in [0.25, 0.3) is 5.91 Å². The zero-order valence-electron chi connectivity index (χ0n) is 16.9. The van der Waals surface area contributed by atoms with Gasteiger partial charge in [0.1, 0.15) is 10.1 Å². The van der Waals surface area contributed by atoms with Crippen molar-refractivity contribution in [3.8, 4) is 23.1 Å². The van der Waals surface area contributed by atoms with Crippen LogP contribution in [0.2, 0.25) is 0 Å². The first-order chi connectivity index (χ1) is 15.7. The van der Waals surface area contributed by atoms with Crippen molar-refractivity contribution >= 4 is 34.2 Å². The van der Waals surface area contributed by atoms with E-state index in [0.29, 0.717) is 39.6 Å². The Morgan fingerprint density at radius 3 is 2.69 bits per heavy atom. The third-order valence-corrected chi connectivity index (χ3v) is 6.36. The van der Waals surface area contributed by atoms with E-state index in [-0.39, 0.29) is 12.7 Å². The van der Waals surface area contributed by atoms with E-state index < -0.39 is 0 Å². The van der Waals surface area contributed by atoms with Gasteiger partial charge in [-0.3, -0.25) is 9.69 Å². The van der Waals surface area contributed by atoms with Gasteiger partial charge >= 0.3 is 0 Å². The van der Waals surface area contributed by atoms with Gasteiger partial charge in [0, 0.05) is 12.3 Å². The Kier molecular flexibility index (Phi) is 5.79. The first-order valence-corrected chi connectivity index (χ1v) is 11.2. The Balaban J connectivity index is 1.22. The lowest BCUT2D eigenvalue weighted by atomic mass is 10.2. The molecular weight excluding hydrogens is 444 g/mol. The average Bonchev–Trinajstić information content (AvgIpc) is 3.39. The largest absolute Gasteiger partial charge is 0.454 e. The Hall–Kier alpha value is -3.36. The molecule has 3 heterocycles. The van der Waals surface area contributed by atoms with E-state index in [1.54, 1.807) is 11.1 Å². The number of thioether (sulfide) groups is 1. The van der Waals surface area contributed by atoms with Crippen LogP contribution in [-0.2, 0) is 17.8 Å². The number of amides is 1. The van der Waals surface area contributed by atoms with Crippen LogP contribution in [-0.4, -0.2) is 26.9 Å². The van der Waals surface area contributed by atoms with Gasteiger partial charge in [-0.2, -0.15) is 0 Å². The third kappa shape index (κ3) is 4.46. The van der Waals surface area contributed by atoms with E-state index in [0.717, 1.165) is 16.9 Å². The summed E-state index contributed by atoms with van der Waals surface area (Å²) < 4.78 is 17.0. The zero-order chi connectivity index (χ0) is 21.9. The maximum atomic E-state index is 12.9. The molecule has 1 fully saturated rings. The molecule has 1 amide bonds. The molecule has 0 saturated carbocycles. The number of ether oxygens (including phenoxy) is 3. The molecule has 0 atom stereocenters. The fraction of sp³-hybridized carbons (Fsp3) is 0.125. The SMILES string of the molecule is O=C1/C(=C/Cc2ccc(Oc3ccccc3)nc2)SC(=S)N1Cc1ccc2c(c1)OCO2. The summed E-state index contributed by atoms with van der Waals surface area (Å²) in [6.07, 6.45) is 4.23. The molecule has 160 valence electrons. The monoisotopic (exact) mass is 462 g/mol. The molecule has 8 heteroatoms. The molecule has 1 aromatic heterocycles. The second-order valence-electron chi connectivity index (χ2n) is 7.14. The van der Waals surface area contributed by atoms with Crippen molar-refractivity contribution in [3.63, 3.8) is 0 Å². The van der Waals surface area contributed by atoms with Gasteiger partial charge < -0.3 is 14.2 Å². The van der Waals surface area contributed by atoms with E-state index in [1.807, 2.05) is 66.7 Å². The van der Waals surface area contributed by atoms with Crippen LogP contribution in [0.3, 0.4) is 0 Å². The quantitative estimate of drug-likeness (QED) is 0.374. The molecule has 32 heavy (non-hydrogen) atoms. The lowest BCUT2D eigenvalue weighted by Crippen LogP contribution is -2.27. The maximum absolute atomic E-state index is 12.9. The van der Waals surface area contributed by atoms with Crippen molar-refractivity contribution in [2.24, 2.45) is 0 Å². The van der Waals surface area contributed by atoms with Gasteiger partial charge in [-0.1, -0.05) is 60.4 Å². The first-order valence-electron chi connectivity index (χ1n) is 9.96. The molecule has 0 unspecified atom stereocenters. The summed E-state index contributed by atoms with van der Waals surface area (Å²) in [6, 6.07) is 18.9. The summed E-state index contributed by atoms with van der Waals surface area (Å²) in [5.41, 5.74) is 1.91. The maximum Gasteiger partial charge on any atom is 0.266 e. The summed E-state index contributed by atoms with van der Waals surface area (Å²) in [5, 5.41) is 0. The van der Waals surface area contributed by atoms with Gasteiger partial charge in [0.05, 0.1) is 11.4 Å². The number of thiocarbonyl (C=S) groups is 1. The van der Waals surface area contributed by atoms with Crippen LogP contribution in [0.1, 0.15) is 11.1 Å². The van der Waals surface area contributed by atoms with Crippen molar-refractivity contribution in [2.75, 3.05) is 6.79 Å². The molecule has 0 N–H and O–H groups in total. The van der Waals surface area contributed by atoms with Crippen LogP contribution < -0.4 is 14.2 Å². The number of nitrogens with zero attached hydrogens (tertiary/aromatic N) is 2. The second kappa shape index (κ2) is 9.02. The minimum Gasteiger partial charge on any atom is -0.454 e. The Morgan fingerprint density at radius 1 is 1.06 bits per heavy atom. The van der Waals surface area contributed by atoms with Crippen molar-refractivity contribution in [1.29, 1.82) is 0 Å². The van der Waals surface area contributed by atoms with E-state index >= 15 is 0 Å². The lowest BCUT2D eigenvalue weighted by molar-refractivity contribution is -0.122. The molecule has 3 aromatic rings. The van der Waals surface area contributed by atoms with Crippen molar-refractivity contribution in [2.45, 2.75) is 13.0 Å². The summed E-state index contributed by atoms with van der Waals surface area (Å²) >= 11 is 6.76. The Bertz CT molecular complexity index is 1200. The molecule has 1 saturated heterocycles. The number of pyridine rings is 1. The summed E-state index contributed by atoms with van der Waals surface area (Å²) in [7, 11) is 0. The molecule has 0 spiro atoms. The number of hydrogen-bond donors (Lipinski definition) is 0. The highest BCUT2D eigenvalue weighted by Crippen LogP contribution is 2.36. The second-order valence-corrected chi connectivity index (χ2v) is 8.81. The van der Waals surface area contributed by atoms with Gasteiger partial charge in [0.2, 0.25) is 12.7 Å². The molecule has 0 bridgehead atoms. The van der Waals surface area contributed by atoms with E-state index in [2.05, 4.69) is 4.98 Å². The van der Waals surface area contributed by atoms with Crippen molar-refractivity contribution in [3.05, 3.63) is 89.0 Å². The van der Waals surface area contributed by atoms with Crippen LogP contribution in [0.5, 0.6) is 23.1 Å². The molecule has 2 aromatic carbocycles. The number of hydrogen-bond acceptors (Lipinski definition) is 7. The molecular formula is C24H18N2O4S2. The van der Waals surface area contributed by atoms with E-state index in [9.17, 15) is 4.79 Å². The number of aromatic nitrogens is 1. The minimum absolute atomic E-state index is 0.0883. The highest BCUT2D eigenvalue weighted by molar-refractivity contribution is 8.26. The molecule has 5 rings (SSSR count). The predicted molar refractivity (Wildman–Crippen MR) is 126 cm³/mol. The van der Waals surface area contributed by atoms with Gasteiger partial charge in [-0.15, -0.1) is 0 Å². The van der Waals surface area contributed by atoms with E-state index in [4.69, 9.17) is 26.4 Å². The predicted octanol–water partition coefficient (Wildman–Crippen LogP) is 5.09. The summed E-state index contributed by atoms with van der Waals surface area (Å²) in [4.78, 5) is 19.5. The number of para-hydroxylation sites is 1. The average molecular weight is 463 g/mol. The number of fused-ring (bicyclic) bond motifs is 1. The first kappa shape index (κ1) is 20.5. The van der Waals surface area contributed by atoms with Crippen LogP contribution >= 0.6 is 24.0 Å². The zero-order valence-corrected chi connectivity index (χ0v) is 18.5. The Morgan fingerprint density at radius 2 is 1.88 bits per heavy atom. The fourth-order valence-corrected chi connectivity index (χ4v) is 4.53. The van der Waals surface area contributed by atoms with Gasteiger partial charge in [-0.25, -0.2) is 4.98 Å². The van der Waals surface area contributed by atoms with Crippen LogP contribution in [0.4, 0.5) is 0 Å². The molecule has 0 aliphatic carbocycles. The fourth-order valence-electron chi connectivity index (χ4n) is 3.31. The summed E-state index contributed by atoms with van der Waals surface area (Å²) in [6.45, 7) is 0.614. The van der Waals surface area contributed by atoms with Gasteiger partial charge in [0.15, 0.2) is 11.5 Å². The van der Waals surface area contributed by atoms with Crippen molar-refractivity contribution < 1.29 is 19.0 Å². The number of allylic oxidation sites excluding steroid dienone is 1. The highest BCUT2D eigenvalue weighted by atomic mass is 32.2. The number of rotatable bonds is 6. The number of benzene rings is 2. The Labute approximate surface area is 194 Å². The van der Waals surface area contributed by atoms with Crippen molar-refractivity contribution in [1.82, 2.24) is 9.88 Å². The number of carbonyl (C=O) groups excluding carboxylic acids is 1. The smallest absolute Gasteiger partial charge is 0.266 e. The third-order valence-electron chi connectivity index (χ3n) is 4.94. The topological polar surface area (TPSA) is 60.9 Å². The standard InChI is InChI=1S/C24H18N2O4S2/c27-23-21(10-7-16-8-11-22(25-13-16)30-18-4-2-1-3-5-18)32-24(31)26(23)14-17-6-9-19-20(12-17)29-15-28-19/h1-6,8-13H,7,14-15H2/b21-10-. The number of carbonyl (C=O) groups is 1. The molecule has 2 aliphatic heterocycles. The van der Waals surface area contributed by atoms with Gasteiger partial charge in [-0.05, 0) is 41.8 Å². The molecule has 6 nitrogen and oxygen atoms in total. The minimum atomic E-state index is -0.0883.